The van der Waals surface area contributed by atoms with Crippen molar-refractivity contribution in [3.05, 3.63) is 29.3 Å². The molecule has 0 amide bonds. The third-order valence-electron chi connectivity index (χ3n) is 5.68. The first-order valence-corrected chi connectivity index (χ1v) is 11.7. The zero-order chi connectivity index (χ0) is 22.1. The van der Waals surface area contributed by atoms with Crippen LogP contribution in [0, 0.1) is 12.8 Å². The summed E-state index contributed by atoms with van der Waals surface area (Å²) in [5, 5.41) is 6.83. The third-order valence-corrected chi connectivity index (χ3v) is 5.68. The molecule has 0 radical (unpaired) electrons. The van der Waals surface area contributed by atoms with E-state index in [0.29, 0.717) is 19.1 Å². The Hall–Kier alpha value is -1.83. The van der Waals surface area contributed by atoms with Crippen LogP contribution < -0.4 is 15.4 Å². The molecule has 7 nitrogen and oxygen atoms in total. The third kappa shape index (κ3) is 7.98. The van der Waals surface area contributed by atoms with Crippen LogP contribution >= 0.6 is 0 Å². The number of hydrogen-bond acceptors (Lipinski definition) is 5. The topological polar surface area (TPSA) is 67.4 Å². The highest BCUT2D eigenvalue weighted by Gasteiger charge is 2.21. The van der Waals surface area contributed by atoms with E-state index in [-0.39, 0.29) is 12.2 Å². The molecule has 0 aliphatic carbocycles. The van der Waals surface area contributed by atoms with Gasteiger partial charge in [0.05, 0.1) is 18.8 Å². The van der Waals surface area contributed by atoms with Crippen LogP contribution in [0.1, 0.15) is 37.8 Å². The normalized spacial score (nSPS) is 22.7. The summed E-state index contributed by atoms with van der Waals surface area (Å²) < 4.78 is 17.8. The first-order valence-electron chi connectivity index (χ1n) is 11.7. The molecule has 174 valence electrons. The summed E-state index contributed by atoms with van der Waals surface area (Å²) in [7, 11) is 1.80. The minimum Gasteiger partial charge on any atom is -0.491 e. The SMILES string of the molecule is CN=C(NCc1ccc(C)cc1OCC1CCCO1)NCC1CN(CC(C)C)CCO1. The largest absolute Gasteiger partial charge is 0.491 e. The number of guanidine groups is 1. The second kappa shape index (κ2) is 12.3. The minimum absolute atomic E-state index is 0.177. The second-order valence-electron chi connectivity index (χ2n) is 9.01. The van der Waals surface area contributed by atoms with Gasteiger partial charge in [-0.3, -0.25) is 9.89 Å². The van der Waals surface area contributed by atoms with Crippen LogP contribution in [0.3, 0.4) is 0 Å². The molecule has 1 aromatic carbocycles. The van der Waals surface area contributed by atoms with Crippen LogP contribution in [-0.2, 0) is 16.0 Å². The molecule has 2 atom stereocenters. The van der Waals surface area contributed by atoms with Gasteiger partial charge in [-0.2, -0.15) is 0 Å². The Morgan fingerprint density at radius 3 is 2.81 bits per heavy atom. The quantitative estimate of drug-likeness (QED) is 0.462. The van der Waals surface area contributed by atoms with Crippen molar-refractivity contribution in [2.24, 2.45) is 10.9 Å². The molecule has 0 bridgehead atoms. The van der Waals surface area contributed by atoms with Crippen molar-refractivity contribution in [3.63, 3.8) is 0 Å². The summed E-state index contributed by atoms with van der Waals surface area (Å²) in [5.74, 6) is 2.36. The summed E-state index contributed by atoms with van der Waals surface area (Å²) in [6, 6.07) is 6.33. The lowest BCUT2D eigenvalue weighted by atomic mass is 10.1. The number of ether oxygens (including phenoxy) is 3. The van der Waals surface area contributed by atoms with Crippen LogP contribution in [0.15, 0.2) is 23.2 Å². The molecule has 1 aromatic rings. The van der Waals surface area contributed by atoms with Crippen molar-refractivity contribution in [2.75, 3.05) is 53.0 Å². The molecule has 0 aromatic heterocycles. The standard InChI is InChI=1S/C24H40N4O3/c1-18(2)15-28-9-11-30-22(16-28)14-27-24(25-4)26-13-20-8-7-19(3)12-23(20)31-17-21-6-5-10-29-21/h7-8,12,18,21-22H,5-6,9-11,13-17H2,1-4H3,(H2,25,26,27). The van der Waals surface area contributed by atoms with E-state index in [1.165, 1.54) is 5.56 Å². The van der Waals surface area contributed by atoms with Gasteiger partial charge in [0, 0.05) is 51.9 Å². The summed E-state index contributed by atoms with van der Waals surface area (Å²) in [6.07, 6.45) is 2.59. The number of nitrogens with one attached hydrogen (secondary N) is 2. The number of nitrogens with zero attached hydrogens (tertiary/aromatic N) is 2. The van der Waals surface area contributed by atoms with Crippen molar-refractivity contribution < 1.29 is 14.2 Å². The molecule has 0 spiro atoms. The lowest BCUT2D eigenvalue weighted by molar-refractivity contribution is -0.0284. The number of hydrogen-bond donors (Lipinski definition) is 2. The molecule has 7 heteroatoms. The van der Waals surface area contributed by atoms with E-state index in [4.69, 9.17) is 14.2 Å². The number of benzene rings is 1. The molecule has 0 saturated carbocycles. The Morgan fingerprint density at radius 2 is 2.06 bits per heavy atom. The lowest BCUT2D eigenvalue weighted by Gasteiger charge is -2.34. The smallest absolute Gasteiger partial charge is 0.191 e. The summed E-state index contributed by atoms with van der Waals surface area (Å²) in [5.41, 5.74) is 2.30. The fourth-order valence-electron chi connectivity index (χ4n) is 4.10. The van der Waals surface area contributed by atoms with Crippen molar-refractivity contribution >= 4 is 5.96 Å². The Bertz CT molecular complexity index is 704. The van der Waals surface area contributed by atoms with Gasteiger partial charge in [0.2, 0.25) is 0 Å². The maximum atomic E-state index is 6.12. The van der Waals surface area contributed by atoms with Gasteiger partial charge in [-0.1, -0.05) is 26.0 Å². The fraction of sp³-hybridized carbons (Fsp3) is 0.708. The van der Waals surface area contributed by atoms with Crippen molar-refractivity contribution in [1.82, 2.24) is 15.5 Å². The van der Waals surface area contributed by atoms with Gasteiger partial charge in [0.25, 0.3) is 0 Å². The molecule has 3 rings (SSSR count). The van der Waals surface area contributed by atoms with E-state index in [9.17, 15) is 0 Å². The lowest BCUT2D eigenvalue weighted by Crippen LogP contribution is -2.50. The highest BCUT2D eigenvalue weighted by molar-refractivity contribution is 5.79. The summed E-state index contributed by atoms with van der Waals surface area (Å²) in [4.78, 5) is 6.86. The van der Waals surface area contributed by atoms with Crippen molar-refractivity contribution in [2.45, 2.75) is 52.4 Å². The Kier molecular flexibility index (Phi) is 9.43. The molecular formula is C24H40N4O3. The maximum Gasteiger partial charge on any atom is 0.191 e. The van der Waals surface area contributed by atoms with E-state index in [1.807, 2.05) is 0 Å². The van der Waals surface area contributed by atoms with E-state index < -0.39 is 0 Å². The number of rotatable bonds is 9. The van der Waals surface area contributed by atoms with Gasteiger partial charge in [0.1, 0.15) is 12.4 Å². The minimum atomic E-state index is 0.177. The highest BCUT2D eigenvalue weighted by atomic mass is 16.5. The number of aliphatic imine (C=N–C) groups is 1. The summed E-state index contributed by atoms with van der Waals surface area (Å²) >= 11 is 0. The van der Waals surface area contributed by atoms with Crippen LogP contribution in [0.4, 0.5) is 0 Å². The molecule has 2 saturated heterocycles. The van der Waals surface area contributed by atoms with Gasteiger partial charge in [-0.25, -0.2) is 0 Å². The van der Waals surface area contributed by atoms with Crippen LogP contribution in [0.2, 0.25) is 0 Å². The van der Waals surface area contributed by atoms with E-state index >= 15 is 0 Å². The Labute approximate surface area is 187 Å². The van der Waals surface area contributed by atoms with Gasteiger partial charge in [-0.05, 0) is 37.3 Å². The van der Waals surface area contributed by atoms with Gasteiger partial charge < -0.3 is 24.8 Å². The predicted octanol–water partition coefficient (Wildman–Crippen LogP) is 2.57. The average molecular weight is 433 g/mol. The molecular weight excluding hydrogens is 392 g/mol. The molecule has 31 heavy (non-hydrogen) atoms. The van der Waals surface area contributed by atoms with Crippen LogP contribution in [0.5, 0.6) is 5.75 Å². The maximum absolute atomic E-state index is 6.12. The van der Waals surface area contributed by atoms with Crippen LogP contribution in [0.25, 0.3) is 0 Å². The zero-order valence-corrected chi connectivity index (χ0v) is 19.7. The van der Waals surface area contributed by atoms with Crippen molar-refractivity contribution in [1.29, 1.82) is 0 Å². The van der Waals surface area contributed by atoms with Gasteiger partial charge >= 0.3 is 0 Å². The van der Waals surface area contributed by atoms with E-state index in [0.717, 1.165) is 69.5 Å². The molecule has 2 aliphatic rings. The first-order chi connectivity index (χ1) is 15.0. The fourth-order valence-corrected chi connectivity index (χ4v) is 4.10. The molecule has 2 heterocycles. The van der Waals surface area contributed by atoms with Crippen molar-refractivity contribution in [3.8, 4) is 5.75 Å². The molecule has 2 aliphatic heterocycles. The molecule has 2 fully saturated rings. The predicted molar refractivity (Wildman–Crippen MR) is 125 cm³/mol. The highest BCUT2D eigenvalue weighted by Crippen LogP contribution is 2.22. The molecule has 2 unspecified atom stereocenters. The number of morpholine rings is 1. The van der Waals surface area contributed by atoms with Gasteiger partial charge in [-0.15, -0.1) is 0 Å². The average Bonchev–Trinajstić information content (AvgIpc) is 3.27. The van der Waals surface area contributed by atoms with E-state index in [2.05, 4.69) is 59.5 Å². The van der Waals surface area contributed by atoms with Gasteiger partial charge in [0.15, 0.2) is 5.96 Å². The summed E-state index contributed by atoms with van der Waals surface area (Å²) in [6.45, 7) is 13.3. The first kappa shape index (κ1) is 23.8. The zero-order valence-electron chi connectivity index (χ0n) is 19.7. The van der Waals surface area contributed by atoms with E-state index in [1.54, 1.807) is 7.05 Å². The second-order valence-corrected chi connectivity index (χ2v) is 9.01. The Morgan fingerprint density at radius 1 is 1.23 bits per heavy atom. The number of aryl methyl sites for hydroxylation is 1. The molecule has 2 N–H and O–H groups in total. The monoisotopic (exact) mass is 432 g/mol. The Balaban J connectivity index is 1.47. The van der Waals surface area contributed by atoms with Crippen LogP contribution in [-0.4, -0.2) is 76.1 Å².